The van der Waals surface area contributed by atoms with E-state index >= 15 is 0 Å². The molecule has 0 fully saturated rings. The second-order valence-corrected chi connectivity index (χ2v) is 7.04. The minimum atomic E-state index is 0.0328. The van der Waals surface area contributed by atoms with Crippen molar-refractivity contribution in [1.82, 2.24) is 10.3 Å². The van der Waals surface area contributed by atoms with Crippen LogP contribution in [-0.4, -0.2) is 16.9 Å². The van der Waals surface area contributed by atoms with Gasteiger partial charge in [0.05, 0.1) is 12.1 Å². The van der Waals surface area contributed by atoms with Crippen LogP contribution in [0.25, 0.3) is 10.6 Å². The lowest BCUT2D eigenvalue weighted by Crippen LogP contribution is -2.34. The van der Waals surface area contributed by atoms with Crippen molar-refractivity contribution in [1.29, 1.82) is 0 Å². The normalized spacial score (nSPS) is 11.9. The largest absolute Gasteiger partial charge is 0.353 e. The third-order valence-corrected chi connectivity index (χ3v) is 4.97. The van der Waals surface area contributed by atoms with E-state index in [2.05, 4.69) is 29.4 Å². The number of thiazole rings is 1. The number of nitrogens with one attached hydrogen (secondary N) is 1. The lowest BCUT2D eigenvalue weighted by atomic mass is 10.1. The summed E-state index contributed by atoms with van der Waals surface area (Å²) in [6.07, 6.45) is 2.23. The molecule has 25 heavy (non-hydrogen) atoms. The van der Waals surface area contributed by atoms with Crippen LogP contribution in [0.5, 0.6) is 0 Å². The average molecular weight is 350 g/mol. The number of hydrogen-bond acceptors (Lipinski definition) is 3. The van der Waals surface area contributed by atoms with Crippen LogP contribution in [0.4, 0.5) is 0 Å². The number of hydrogen-bond donors (Lipinski definition) is 1. The standard InChI is InChI=1S/C21H22N2OS/c1-16(12-13-17-8-4-2-5-9-17)22-20(24)14-19-15-25-21(23-19)18-10-6-3-7-11-18/h2-11,15-16H,12-14H2,1H3,(H,22,24). The van der Waals surface area contributed by atoms with Crippen molar-refractivity contribution in [3.63, 3.8) is 0 Å². The van der Waals surface area contributed by atoms with E-state index in [9.17, 15) is 4.79 Å². The van der Waals surface area contributed by atoms with Gasteiger partial charge in [0.15, 0.2) is 0 Å². The molecule has 0 aliphatic carbocycles. The fourth-order valence-electron chi connectivity index (χ4n) is 2.69. The zero-order valence-corrected chi connectivity index (χ0v) is 15.1. The van der Waals surface area contributed by atoms with Gasteiger partial charge in [-0.2, -0.15) is 0 Å². The van der Waals surface area contributed by atoms with Crippen molar-refractivity contribution in [2.45, 2.75) is 32.2 Å². The Hall–Kier alpha value is -2.46. The average Bonchev–Trinajstić information content (AvgIpc) is 3.10. The quantitative estimate of drug-likeness (QED) is 0.682. The maximum absolute atomic E-state index is 12.2. The molecule has 1 heterocycles. The molecule has 3 rings (SSSR count). The van der Waals surface area contributed by atoms with Gasteiger partial charge in [0.25, 0.3) is 0 Å². The summed E-state index contributed by atoms with van der Waals surface area (Å²) in [6, 6.07) is 20.6. The summed E-state index contributed by atoms with van der Waals surface area (Å²) in [4.78, 5) is 16.8. The van der Waals surface area contributed by atoms with Crippen LogP contribution in [0.15, 0.2) is 66.0 Å². The van der Waals surface area contributed by atoms with Gasteiger partial charge in [0, 0.05) is 17.0 Å². The zero-order chi connectivity index (χ0) is 17.5. The van der Waals surface area contributed by atoms with E-state index in [1.807, 2.05) is 53.9 Å². The van der Waals surface area contributed by atoms with Gasteiger partial charge in [-0.25, -0.2) is 4.98 Å². The van der Waals surface area contributed by atoms with E-state index in [0.29, 0.717) is 6.42 Å². The molecular weight excluding hydrogens is 328 g/mol. The minimum Gasteiger partial charge on any atom is -0.353 e. The van der Waals surface area contributed by atoms with Gasteiger partial charge in [-0.15, -0.1) is 11.3 Å². The molecule has 0 aliphatic heterocycles. The highest BCUT2D eigenvalue weighted by Crippen LogP contribution is 2.23. The lowest BCUT2D eigenvalue weighted by Gasteiger charge is -2.13. The Morgan fingerprint density at radius 3 is 2.48 bits per heavy atom. The molecule has 0 saturated heterocycles. The van der Waals surface area contributed by atoms with E-state index in [1.54, 1.807) is 11.3 Å². The third kappa shape index (κ3) is 5.26. The zero-order valence-electron chi connectivity index (χ0n) is 14.3. The molecular formula is C21H22N2OS. The fourth-order valence-corrected chi connectivity index (χ4v) is 3.52. The highest BCUT2D eigenvalue weighted by Gasteiger charge is 2.11. The minimum absolute atomic E-state index is 0.0328. The molecule has 1 amide bonds. The number of aromatic nitrogens is 1. The topological polar surface area (TPSA) is 42.0 Å². The molecule has 0 spiro atoms. The highest BCUT2D eigenvalue weighted by atomic mass is 32.1. The van der Waals surface area contributed by atoms with E-state index in [0.717, 1.165) is 29.1 Å². The van der Waals surface area contributed by atoms with E-state index < -0.39 is 0 Å². The van der Waals surface area contributed by atoms with Gasteiger partial charge in [0.1, 0.15) is 5.01 Å². The number of aryl methyl sites for hydroxylation is 1. The van der Waals surface area contributed by atoms with Crippen molar-refractivity contribution >= 4 is 17.2 Å². The number of amides is 1. The van der Waals surface area contributed by atoms with Crippen LogP contribution in [0.1, 0.15) is 24.6 Å². The molecule has 2 aromatic carbocycles. The van der Waals surface area contributed by atoms with Crippen LogP contribution in [0.3, 0.4) is 0 Å². The molecule has 1 atom stereocenters. The summed E-state index contributed by atoms with van der Waals surface area (Å²) in [5, 5.41) is 6.00. The van der Waals surface area contributed by atoms with E-state index in [4.69, 9.17) is 0 Å². The lowest BCUT2D eigenvalue weighted by molar-refractivity contribution is -0.121. The second kappa shape index (κ2) is 8.58. The first-order chi connectivity index (χ1) is 12.2. The van der Waals surface area contributed by atoms with Gasteiger partial charge in [-0.3, -0.25) is 4.79 Å². The molecule has 1 unspecified atom stereocenters. The molecule has 128 valence electrons. The first kappa shape index (κ1) is 17.4. The first-order valence-corrected chi connectivity index (χ1v) is 9.42. The first-order valence-electron chi connectivity index (χ1n) is 8.54. The van der Waals surface area contributed by atoms with Crippen LogP contribution in [-0.2, 0) is 17.6 Å². The summed E-state index contributed by atoms with van der Waals surface area (Å²) in [5.74, 6) is 0.0328. The summed E-state index contributed by atoms with van der Waals surface area (Å²) in [6.45, 7) is 2.05. The molecule has 3 aromatic rings. The van der Waals surface area contributed by atoms with Gasteiger partial charge >= 0.3 is 0 Å². The Balaban J connectivity index is 1.48. The number of carbonyl (C=O) groups excluding carboxylic acids is 1. The monoisotopic (exact) mass is 350 g/mol. The van der Waals surface area contributed by atoms with Crippen LogP contribution in [0.2, 0.25) is 0 Å². The SMILES string of the molecule is CC(CCc1ccccc1)NC(=O)Cc1csc(-c2ccccc2)n1. The van der Waals surface area contributed by atoms with Crippen LogP contribution >= 0.6 is 11.3 Å². The number of benzene rings is 2. The van der Waals surface area contributed by atoms with E-state index in [1.165, 1.54) is 5.56 Å². The number of nitrogens with zero attached hydrogens (tertiary/aromatic N) is 1. The summed E-state index contributed by atoms with van der Waals surface area (Å²) < 4.78 is 0. The maximum atomic E-state index is 12.2. The van der Waals surface area contributed by atoms with Gasteiger partial charge in [0.2, 0.25) is 5.91 Å². The Morgan fingerprint density at radius 1 is 1.08 bits per heavy atom. The third-order valence-electron chi connectivity index (χ3n) is 4.03. The summed E-state index contributed by atoms with van der Waals surface area (Å²) in [5.41, 5.74) is 3.22. The molecule has 1 aromatic heterocycles. The van der Waals surface area contributed by atoms with Gasteiger partial charge in [-0.05, 0) is 25.3 Å². The second-order valence-electron chi connectivity index (χ2n) is 6.18. The Bertz CT molecular complexity index is 799. The number of rotatable bonds is 7. The predicted molar refractivity (Wildman–Crippen MR) is 104 cm³/mol. The summed E-state index contributed by atoms with van der Waals surface area (Å²) >= 11 is 1.58. The van der Waals surface area contributed by atoms with Crippen molar-refractivity contribution in [2.24, 2.45) is 0 Å². The van der Waals surface area contributed by atoms with Crippen LogP contribution < -0.4 is 5.32 Å². The van der Waals surface area contributed by atoms with Gasteiger partial charge < -0.3 is 5.32 Å². The Labute approximate surface area is 152 Å². The highest BCUT2D eigenvalue weighted by molar-refractivity contribution is 7.13. The van der Waals surface area contributed by atoms with Crippen molar-refractivity contribution in [2.75, 3.05) is 0 Å². The van der Waals surface area contributed by atoms with Crippen molar-refractivity contribution in [3.05, 3.63) is 77.3 Å². The molecule has 0 saturated carbocycles. The number of carbonyl (C=O) groups is 1. The van der Waals surface area contributed by atoms with Crippen molar-refractivity contribution in [3.8, 4) is 10.6 Å². The maximum Gasteiger partial charge on any atom is 0.226 e. The van der Waals surface area contributed by atoms with Crippen molar-refractivity contribution < 1.29 is 4.79 Å². The molecule has 3 nitrogen and oxygen atoms in total. The molecule has 1 N–H and O–H groups in total. The smallest absolute Gasteiger partial charge is 0.226 e. The molecule has 0 radical (unpaired) electrons. The molecule has 4 heteroatoms. The predicted octanol–water partition coefficient (Wildman–Crippen LogP) is 4.49. The van der Waals surface area contributed by atoms with E-state index in [-0.39, 0.29) is 11.9 Å². The fraction of sp³-hybridized carbons (Fsp3) is 0.238. The van der Waals surface area contributed by atoms with Gasteiger partial charge in [-0.1, -0.05) is 60.7 Å². The molecule has 0 bridgehead atoms. The summed E-state index contributed by atoms with van der Waals surface area (Å²) in [7, 11) is 0. The van der Waals surface area contributed by atoms with Crippen LogP contribution in [0, 0.1) is 0 Å². The Morgan fingerprint density at radius 2 is 1.76 bits per heavy atom. The molecule has 0 aliphatic rings. The Kier molecular flexibility index (Phi) is 5.96.